The van der Waals surface area contributed by atoms with Crippen molar-refractivity contribution in [2.75, 3.05) is 0 Å². The Balaban J connectivity index is 2.25. The van der Waals surface area contributed by atoms with Crippen LogP contribution in [-0.2, 0) is 0 Å². The molecular weight excluding hydrogens is 160 g/mol. The summed E-state index contributed by atoms with van der Waals surface area (Å²) in [6.07, 6.45) is 9.14. The zero-order valence-electron chi connectivity index (χ0n) is 8.80. The van der Waals surface area contributed by atoms with Crippen molar-refractivity contribution < 1.29 is 0 Å². The lowest BCUT2D eigenvalue weighted by Crippen LogP contribution is -2.15. The number of rotatable bonds is 4. The van der Waals surface area contributed by atoms with E-state index in [1.54, 1.807) is 0 Å². The number of nitrogens with zero attached hydrogens (tertiary/aromatic N) is 2. The summed E-state index contributed by atoms with van der Waals surface area (Å²) in [5.41, 5.74) is 0.288. The highest BCUT2D eigenvalue weighted by atomic mass is 15.4. The van der Waals surface area contributed by atoms with E-state index in [4.69, 9.17) is 6.42 Å². The molecule has 0 amide bonds. The molecule has 0 aromatic heterocycles. The maximum absolute atomic E-state index is 5.21. The Labute approximate surface area is 80.8 Å². The Kier molecular flexibility index (Phi) is 2.75. The summed E-state index contributed by atoms with van der Waals surface area (Å²) >= 11 is 0. The van der Waals surface area contributed by atoms with Gasteiger partial charge in [-0.15, -0.1) is 12.3 Å². The number of hydrogen-bond donors (Lipinski definition) is 0. The number of terminal acetylenes is 1. The van der Waals surface area contributed by atoms with Gasteiger partial charge in [-0.3, -0.25) is 0 Å². The van der Waals surface area contributed by atoms with Gasteiger partial charge in [-0.1, -0.05) is 20.8 Å². The van der Waals surface area contributed by atoms with E-state index in [0.29, 0.717) is 5.41 Å². The van der Waals surface area contributed by atoms with Crippen LogP contribution in [0.15, 0.2) is 10.2 Å². The third-order valence-corrected chi connectivity index (χ3v) is 2.33. The van der Waals surface area contributed by atoms with Gasteiger partial charge in [-0.05, 0) is 18.3 Å². The summed E-state index contributed by atoms with van der Waals surface area (Å²) in [6, 6.07) is 0. The quantitative estimate of drug-likeness (QED) is 0.589. The second-order valence-corrected chi connectivity index (χ2v) is 4.95. The van der Waals surface area contributed by atoms with Gasteiger partial charge in [0.05, 0.1) is 0 Å². The molecular formula is C11H18N2. The van der Waals surface area contributed by atoms with E-state index in [2.05, 4.69) is 36.9 Å². The van der Waals surface area contributed by atoms with Crippen molar-refractivity contribution in [3.8, 4) is 12.3 Å². The van der Waals surface area contributed by atoms with Crippen molar-refractivity contribution in [3.05, 3.63) is 0 Å². The monoisotopic (exact) mass is 178 g/mol. The molecule has 0 saturated carbocycles. The van der Waals surface area contributed by atoms with Crippen molar-refractivity contribution in [1.82, 2.24) is 0 Å². The van der Waals surface area contributed by atoms with Crippen LogP contribution in [0.5, 0.6) is 0 Å². The SMILES string of the molecule is C#CCCC1(CCC(C)(C)C)N=N1. The fraction of sp³-hybridized carbons (Fsp3) is 0.818. The summed E-state index contributed by atoms with van der Waals surface area (Å²) in [5, 5.41) is 8.21. The Morgan fingerprint density at radius 1 is 1.23 bits per heavy atom. The Bertz CT molecular complexity index is 234. The third kappa shape index (κ3) is 3.59. The molecule has 0 spiro atoms. The highest BCUT2D eigenvalue weighted by Crippen LogP contribution is 2.40. The molecule has 2 nitrogen and oxygen atoms in total. The molecule has 1 heterocycles. The van der Waals surface area contributed by atoms with E-state index in [-0.39, 0.29) is 5.66 Å². The normalized spacial score (nSPS) is 18.3. The molecule has 0 aromatic carbocycles. The summed E-state index contributed by atoms with van der Waals surface area (Å²) in [6.45, 7) is 6.72. The molecule has 0 atom stereocenters. The highest BCUT2D eigenvalue weighted by molar-refractivity contribution is 4.98. The van der Waals surface area contributed by atoms with Gasteiger partial charge in [0.15, 0.2) is 5.66 Å². The fourth-order valence-corrected chi connectivity index (χ4v) is 1.24. The van der Waals surface area contributed by atoms with Gasteiger partial charge < -0.3 is 0 Å². The summed E-state index contributed by atoms with van der Waals surface area (Å²) in [7, 11) is 0. The Morgan fingerprint density at radius 2 is 1.85 bits per heavy atom. The van der Waals surface area contributed by atoms with Crippen LogP contribution in [-0.4, -0.2) is 5.66 Å². The molecule has 0 bridgehead atoms. The van der Waals surface area contributed by atoms with Crippen molar-refractivity contribution >= 4 is 0 Å². The lowest BCUT2D eigenvalue weighted by molar-refractivity contribution is 0.329. The van der Waals surface area contributed by atoms with Crippen LogP contribution in [0.1, 0.15) is 46.5 Å². The predicted octanol–water partition coefficient (Wildman–Crippen LogP) is 3.39. The lowest BCUT2D eigenvalue weighted by atomic mass is 9.86. The van der Waals surface area contributed by atoms with Crippen LogP contribution < -0.4 is 0 Å². The molecule has 1 aliphatic rings. The molecule has 72 valence electrons. The van der Waals surface area contributed by atoms with Gasteiger partial charge in [-0.2, -0.15) is 10.2 Å². The van der Waals surface area contributed by atoms with Crippen LogP contribution in [0.2, 0.25) is 0 Å². The van der Waals surface area contributed by atoms with Gasteiger partial charge in [0.25, 0.3) is 0 Å². The molecule has 0 N–H and O–H groups in total. The van der Waals surface area contributed by atoms with Crippen molar-refractivity contribution in [2.24, 2.45) is 15.6 Å². The lowest BCUT2D eigenvalue weighted by Gasteiger charge is -2.19. The molecule has 2 heteroatoms. The smallest absolute Gasteiger partial charge is 0.159 e. The van der Waals surface area contributed by atoms with Crippen molar-refractivity contribution in [2.45, 2.75) is 52.1 Å². The first kappa shape index (κ1) is 10.2. The maximum atomic E-state index is 5.21. The Hall–Kier alpha value is -0.840. The minimum Gasteiger partial charge on any atom is -0.159 e. The molecule has 0 unspecified atom stereocenters. The van der Waals surface area contributed by atoms with Crippen molar-refractivity contribution in [1.29, 1.82) is 0 Å². The number of hydrogen-bond acceptors (Lipinski definition) is 2. The van der Waals surface area contributed by atoms with Crippen LogP contribution >= 0.6 is 0 Å². The summed E-state index contributed by atoms with van der Waals surface area (Å²) in [4.78, 5) is 0. The highest BCUT2D eigenvalue weighted by Gasteiger charge is 2.39. The van der Waals surface area contributed by atoms with Gasteiger partial charge in [0.1, 0.15) is 0 Å². The average Bonchev–Trinajstić information content (AvgIpc) is 2.77. The van der Waals surface area contributed by atoms with Gasteiger partial charge in [0.2, 0.25) is 0 Å². The standard InChI is InChI=1S/C11H18N2/c1-5-6-7-11(12-13-11)9-8-10(2,3)4/h1H,6-9H2,2-4H3. The summed E-state index contributed by atoms with van der Waals surface area (Å²) in [5.74, 6) is 2.64. The molecule has 0 fully saturated rings. The largest absolute Gasteiger partial charge is 0.191 e. The summed E-state index contributed by atoms with van der Waals surface area (Å²) < 4.78 is 0. The average molecular weight is 178 g/mol. The van der Waals surface area contributed by atoms with Crippen LogP contribution in [0, 0.1) is 17.8 Å². The second kappa shape index (κ2) is 3.49. The second-order valence-electron chi connectivity index (χ2n) is 4.95. The van der Waals surface area contributed by atoms with E-state index in [0.717, 1.165) is 25.7 Å². The first-order chi connectivity index (χ1) is 5.97. The molecule has 0 aromatic rings. The topological polar surface area (TPSA) is 24.7 Å². The first-order valence-electron chi connectivity index (χ1n) is 4.85. The zero-order chi connectivity index (χ0) is 9.95. The minimum atomic E-state index is -0.0837. The van der Waals surface area contributed by atoms with E-state index in [1.807, 2.05) is 0 Å². The molecule has 13 heavy (non-hydrogen) atoms. The van der Waals surface area contributed by atoms with E-state index < -0.39 is 0 Å². The van der Waals surface area contributed by atoms with E-state index >= 15 is 0 Å². The molecule has 1 aliphatic heterocycles. The molecule has 1 rings (SSSR count). The van der Waals surface area contributed by atoms with Crippen molar-refractivity contribution in [3.63, 3.8) is 0 Å². The van der Waals surface area contributed by atoms with E-state index in [1.165, 1.54) is 0 Å². The predicted molar refractivity (Wildman–Crippen MR) is 54.3 cm³/mol. The third-order valence-electron chi connectivity index (χ3n) is 2.33. The molecule has 0 saturated heterocycles. The van der Waals surface area contributed by atoms with Gasteiger partial charge in [-0.25, -0.2) is 0 Å². The van der Waals surface area contributed by atoms with Gasteiger partial charge in [0, 0.05) is 12.8 Å². The van der Waals surface area contributed by atoms with E-state index in [9.17, 15) is 0 Å². The van der Waals surface area contributed by atoms with Crippen LogP contribution in [0.25, 0.3) is 0 Å². The fourth-order valence-electron chi connectivity index (χ4n) is 1.24. The van der Waals surface area contributed by atoms with Gasteiger partial charge >= 0.3 is 0 Å². The minimum absolute atomic E-state index is 0.0837. The Morgan fingerprint density at radius 3 is 2.23 bits per heavy atom. The molecule has 0 radical (unpaired) electrons. The molecule has 0 aliphatic carbocycles. The zero-order valence-corrected chi connectivity index (χ0v) is 8.80. The van der Waals surface area contributed by atoms with Crippen LogP contribution in [0.3, 0.4) is 0 Å². The first-order valence-corrected chi connectivity index (χ1v) is 4.85. The maximum Gasteiger partial charge on any atom is 0.191 e. The van der Waals surface area contributed by atoms with Crippen LogP contribution in [0.4, 0.5) is 0 Å².